The first-order valence-electron chi connectivity index (χ1n) is 8.09. The van der Waals surface area contributed by atoms with E-state index in [0.29, 0.717) is 24.7 Å². The molecule has 0 bridgehead atoms. The summed E-state index contributed by atoms with van der Waals surface area (Å²) in [7, 11) is 1.68. The van der Waals surface area contributed by atoms with Crippen molar-refractivity contribution in [3.8, 4) is 17.2 Å². The van der Waals surface area contributed by atoms with Crippen molar-refractivity contribution in [2.75, 3.05) is 20.2 Å². The third kappa shape index (κ3) is 4.66. The van der Waals surface area contributed by atoms with Gasteiger partial charge in [0.1, 0.15) is 6.61 Å². The fraction of sp³-hybridized carbons (Fsp3) is 0.278. The van der Waals surface area contributed by atoms with Gasteiger partial charge < -0.3 is 14.1 Å². The predicted octanol–water partition coefficient (Wildman–Crippen LogP) is 3.41. The standard InChI is InChI=1S/C18H18FN3O3S/c1-22(9-10-24-15-5-3-2-4-14(15)19)17(23)7-6-16-20-21-18(25-16)13-8-11-26-12-13/h2-5,8,11-12H,6-7,9-10H2,1H3. The highest BCUT2D eigenvalue weighted by Gasteiger charge is 2.13. The quantitative estimate of drug-likeness (QED) is 0.604. The largest absolute Gasteiger partial charge is 0.489 e. The number of aromatic nitrogens is 2. The van der Waals surface area contributed by atoms with Crippen LogP contribution in [-0.2, 0) is 11.2 Å². The molecule has 26 heavy (non-hydrogen) atoms. The molecule has 0 radical (unpaired) electrons. The van der Waals surface area contributed by atoms with Crippen LogP contribution in [0.2, 0.25) is 0 Å². The Morgan fingerprint density at radius 1 is 1.31 bits per heavy atom. The van der Waals surface area contributed by atoms with Crippen LogP contribution in [0.25, 0.3) is 11.5 Å². The lowest BCUT2D eigenvalue weighted by Crippen LogP contribution is -2.31. The normalized spacial score (nSPS) is 10.7. The molecule has 136 valence electrons. The number of hydrogen-bond acceptors (Lipinski definition) is 6. The maximum Gasteiger partial charge on any atom is 0.248 e. The molecule has 0 saturated carbocycles. The summed E-state index contributed by atoms with van der Waals surface area (Å²) in [5, 5.41) is 11.8. The molecule has 0 saturated heterocycles. The van der Waals surface area contributed by atoms with Crippen molar-refractivity contribution in [1.29, 1.82) is 0 Å². The van der Waals surface area contributed by atoms with Gasteiger partial charge in [0.25, 0.3) is 0 Å². The van der Waals surface area contributed by atoms with Gasteiger partial charge >= 0.3 is 0 Å². The molecule has 2 aromatic heterocycles. The Morgan fingerprint density at radius 3 is 2.92 bits per heavy atom. The van der Waals surface area contributed by atoms with Gasteiger partial charge in [0, 0.05) is 30.8 Å². The van der Waals surface area contributed by atoms with Crippen LogP contribution in [-0.4, -0.2) is 41.2 Å². The molecule has 1 amide bonds. The Morgan fingerprint density at radius 2 is 2.15 bits per heavy atom. The summed E-state index contributed by atoms with van der Waals surface area (Å²) in [4.78, 5) is 13.7. The van der Waals surface area contributed by atoms with Gasteiger partial charge in [0.2, 0.25) is 17.7 Å². The maximum absolute atomic E-state index is 13.5. The minimum absolute atomic E-state index is 0.0718. The fourth-order valence-corrected chi connectivity index (χ4v) is 2.87. The van der Waals surface area contributed by atoms with Crippen LogP contribution in [0, 0.1) is 5.82 Å². The maximum atomic E-state index is 13.5. The Bertz CT molecular complexity index is 851. The molecule has 3 aromatic rings. The molecular formula is C18H18FN3O3S. The first-order valence-corrected chi connectivity index (χ1v) is 9.04. The number of ether oxygens (including phenoxy) is 1. The van der Waals surface area contributed by atoms with E-state index in [2.05, 4.69) is 10.2 Å². The lowest BCUT2D eigenvalue weighted by atomic mass is 10.3. The van der Waals surface area contributed by atoms with Gasteiger partial charge in [0.05, 0.1) is 6.54 Å². The molecule has 2 heterocycles. The minimum atomic E-state index is -0.417. The first kappa shape index (κ1) is 18.1. The molecule has 0 N–H and O–H groups in total. The molecule has 3 rings (SSSR count). The molecule has 0 atom stereocenters. The van der Waals surface area contributed by atoms with Crippen molar-refractivity contribution >= 4 is 17.2 Å². The first-order chi connectivity index (χ1) is 12.6. The number of halogens is 1. The zero-order valence-corrected chi connectivity index (χ0v) is 15.0. The number of carbonyl (C=O) groups is 1. The summed E-state index contributed by atoms with van der Waals surface area (Å²) in [6.07, 6.45) is 0.621. The number of para-hydroxylation sites is 1. The summed E-state index contributed by atoms with van der Waals surface area (Å²) in [6.45, 7) is 0.573. The van der Waals surface area contributed by atoms with Gasteiger partial charge in [-0.1, -0.05) is 12.1 Å². The van der Waals surface area contributed by atoms with Crippen LogP contribution < -0.4 is 4.74 Å². The molecule has 0 spiro atoms. The topological polar surface area (TPSA) is 68.5 Å². The summed E-state index contributed by atoms with van der Waals surface area (Å²) >= 11 is 1.55. The minimum Gasteiger partial charge on any atom is -0.489 e. The fourth-order valence-electron chi connectivity index (χ4n) is 2.24. The van der Waals surface area contributed by atoms with E-state index in [4.69, 9.17) is 9.15 Å². The van der Waals surface area contributed by atoms with E-state index in [1.54, 1.807) is 36.6 Å². The number of thiophene rings is 1. The third-order valence-corrected chi connectivity index (χ3v) is 4.42. The van der Waals surface area contributed by atoms with Crippen LogP contribution in [0.4, 0.5) is 4.39 Å². The molecular weight excluding hydrogens is 357 g/mol. The van der Waals surface area contributed by atoms with Crippen LogP contribution in [0.3, 0.4) is 0 Å². The van der Waals surface area contributed by atoms with E-state index in [9.17, 15) is 9.18 Å². The number of benzene rings is 1. The summed E-state index contributed by atoms with van der Waals surface area (Å²) < 4.78 is 24.4. The summed E-state index contributed by atoms with van der Waals surface area (Å²) in [5.41, 5.74) is 0.877. The molecule has 0 aliphatic rings. The zero-order chi connectivity index (χ0) is 18.4. The zero-order valence-electron chi connectivity index (χ0n) is 14.2. The highest BCUT2D eigenvalue weighted by atomic mass is 32.1. The number of amides is 1. The highest BCUT2D eigenvalue weighted by molar-refractivity contribution is 7.08. The molecule has 0 unspecified atom stereocenters. The van der Waals surface area contributed by atoms with Crippen LogP contribution in [0.1, 0.15) is 12.3 Å². The highest BCUT2D eigenvalue weighted by Crippen LogP contribution is 2.21. The molecule has 0 fully saturated rings. The van der Waals surface area contributed by atoms with Gasteiger partial charge in [-0.2, -0.15) is 11.3 Å². The number of nitrogens with zero attached hydrogens (tertiary/aromatic N) is 3. The van der Waals surface area contributed by atoms with Crippen molar-refractivity contribution < 1.29 is 18.3 Å². The van der Waals surface area contributed by atoms with Crippen LogP contribution >= 0.6 is 11.3 Å². The van der Waals surface area contributed by atoms with E-state index in [1.165, 1.54) is 11.0 Å². The van der Waals surface area contributed by atoms with Gasteiger partial charge in [-0.25, -0.2) is 4.39 Å². The average molecular weight is 375 g/mol. The second-order valence-corrected chi connectivity index (χ2v) is 6.39. The SMILES string of the molecule is CN(CCOc1ccccc1F)C(=O)CCc1nnc(-c2ccsc2)o1. The van der Waals surface area contributed by atoms with E-state index >= 15 is 0 Å². The molecule has 0 aliphatic heterocycles. The monoisotopic (exact) mass is 375 g/mol. The van der Waals surface area contributed by atoms with E-state index in [1.807, 2.05) is 16.8 Å². The van der Waals surface area contributed by atoms with Crippen LogP contribution in [0.15, 0.2) is 45.5 Å². The average Bonchev–Trinajstić information content (AvgIpc) is 3.32. The third-order valence-electron chi connectivity index (χ3n) is 3.73. The Balaban J connectivity index is 1.42. The molecule has 6 nitrogen and oxygen atoms in total. The lowest BCUT2D eigenvalue weighted by Gasteiger charge is -2.17. The van der Waals surface area contributed by atoms with Crippen molar-refractivity contribution in [2.24, 2.45) is 0 Å². The second kappa shape index (κ2) is 8.57. The molecule has 0 aliphatic carbocycles. The second-order valence-electron chi connectivity index (χ2n) is 5.61. The number of rotatable bonds is 8. The van der Waals surface area contributed by atoms with Gasteiger partial charge in [-0.05, 0) is 23.6 Å². The van der Waals surface area contributed by atoms with E-state index in [0.717, 1.165) is 5.56 Å². The summed E-state index contributed by atoms with van der Waals surface area (Å²) in [5.74, 6) is 0.577. The number of carbonyl (C=O) groups excluding carboxylic acids is 1. The Kier molecular flexibility index (Phi) is 5.96. The number of hydrogen-bond donors (Lipinski definition) is 0. The van der Waals surface area contributed by atoms with Crippen molar-refractivity contribution in [3.63, 3.8) is 0 Å². The van der Waals surface area contributed by atoms with Gasteiger partial charge in [-0.3, -0.25) is 4.79 Å². The smallest absolute Gasteiger partial charge is 0.248 e. The van der Waals surface area contributed by atoms with Crippen LogP contribution in [0.5, 0.6) is 5.75 Å². The van der Waals surface area contributed by atoms with Crippen molar-refractivity contribution in [2.45, 2.75) is 12.8 Å². The van der Waals surface area contributed by atoms with Gasteiger partial charge in [-0.15, -0.1) is 10.2 Å². The lowest BCUT2D eigenvalue weighted by molar-refractivity contribution is -0.130. The number of likely N-dealkylation sites (N-methyl/N-ethyl adjacent to an activating group) is 1. The molecule has 8 heteroatoms. The number of aryl methyl sites for hydroxylation is 1. The molecule has 1 aromatic carbocycles. The van der Waals surface area contributed by atoms with Gasteiger partial charge in [0.15, 0.2) is 11.6 Å². The van der Waals surface area contributed by atoms with Crippen molar-refractivity contribution in [1.82, 2.24) is 15.1 Å². The van der Waals surface area contributed by atoms with Crippen molar-refractivity contribution in [3.05, 3.63) is 52.8 Å². The Labute approximate surface area is 154 Å². The Hall–Kier alpha value is -2.74. The van der Waals surface area contributed by atoms with E-state index in [-0.39, 0.29) is 24.7 Å². The van der Waals surface area contributed by atoms with E-state index < -0.39 is 5.82 Å². The summed E-state index contributed by atoms with van der Waals surface area (Å²) in [6, 6.07) is 8.08. The predicted molar refractivity (Wildman–Crippen MR) is 95.5 cm³/mol.